The van der Waals surface area contributed by atoms with E-state index in [1.165, 1.54) is 25.3 Å². The molecule has 2 nitrogen and oxygen atoms in total. The fraction of sp³-hybridized carbons (Fsp3) is 0.647. The fourth-order valence-electron chi connectivity index (χ4n) is 2.21. The molecule has 1 aromatic rings. The molecule has 0 amide bonds. The first-order chi connectivity index (χ1) is 9.83. The van der Waals surface area contributed by atoms with Gasteiger partial charge in [-0.1, -0.05) is 12.8 Å². The number of unbranched alkanes of at least 4 members (excludes halogenated alkanes) is 3. The highest BCUT2D eigenvalue weighted by Crippen LogP contribution is 2.27. The van der Waals surface area contributed by atoms with E-state index in [1.807, 2.05) is 6.07 Å². The van der Waals surface area contributed by atoms with Gasteiger partial charge in [-0.2, -0.15) is 0 Å². The van der Waals surface area contributed by atoms with Crippen LogP contribution in [0, 0.1) is 5.82 Å². The molecule has 1 N–H and O–H groups in total. The summed E-state index contributed by atoms with van der Waals surface area (Å²) in [6.07, 6.45) is 5.62. The molecule has 0 bridgehead atoms. The maximum atomic E-state index is 13.4. The Hall–Kier alpha value is -0.610. The summed E-state index contributed by atoms with van der Waals surface area (Å²) in [6.45, 7) is 7.62. The number of hydrogen-bond donors (Lipinski definition) is 1. The second-order valence-corrected chi connectivity index (χ2v) is 7.27. The van der Waals surface area contributed by atoms with Crippen molar-refractivity contribution in [3.63, 3.8) is 0 Å². The van der Waals surface area contributed by atoms with E-state index in [1.54, 1.807) is 7.11 Å². The van der Waals surface area contributed by atoms with Gasteiger partial charge in [-0.05, 0) is 74.1 Å². The van der Waals surface area contributed by atoms with Crippen LogP contribution in [-0.2, 0) is 6.42 Å². The van der Waals surface area contributed by atoms with E-state index in [2.05, 4.69) is 42.0 Å². The third kappa shape index (κ3) is 7.28. The summed E-state index contributed by atoms with van der Waals surface area (Å²) in [5, 5.41) is 3.49. The molecule has 0 fully saturated rings. The second kappa shape index (κ2) is 8.74. The van der Waals surface area contributed by atoms with Crippen LogP contribution in [0.1, 0.15) is 52.0 Å². The summed E-state index contributed by atoms with van der Waals surface area (Å²) < 4.78 is 19.2. The molecule has 0 atom stereocenters. The van der Waals surface area contributed by atoms with E-state index < -0.39 is 0 Å². The van der Waals surface area contributed by atoms with E-state index in [9.17, 15) is 4.39 Å². The van der Waals surface area contributed by atoms with Crippen molar-refractivity contribution in [2.45, 2.75) is 58.4 Å². The molecule has 0 heterocycles. The van der Waals surface area contributed by atoms with Crippen molar-refractivity contribution in [1.82, 2.24) is 5.32 Å². The highest BCUT2D eigenvalue weighted by atomic mass is 79.9. The van der Waals surface area contributed by atoms with Gasteiger partial charge in [0.2, 0.25) is 0 Å². The molecule has 0 radical (unpaired) electrons. The Morgan fingerprint density at radius 3 is 2.43 bits per heavy atom. The maximum Gasteiger partial charge on any atom is 0.141 e. The van der Waals surface area contributed by atoms with Crippen molar-refractivity contribution in [3.8, 4) is 5.75 Å². The molecule has 0 aliphatic carbocycles. The average Bonchev–Trinajstić information content (AvgIpc) is 2.40. The monoisotopic (exact) mass is 359 g/mol. The number of methoxy groups -OCH3 is 1. The van der Waals surface area contributed by atoms with Crippen LogP contribution < -0.4 is 10.1 Å². The van der Waals surface area contributed by atoms with Crippen LogP contribution >= 0.6 is 15.9 Å². The smallest absolute Gasteiger partial charge is 0.141 e. The van der Waals surface area contributed by atoms with Gasteiger partial charge < -0.3 is 10.1 Å². The predicted octanol–water partition coefficient (Wildman–Crippen LogP) is 5.09. The zero-order valence-electron chi connectivity index (χ0n) is 13.6. The Morgan fingerprint density at radius 2 is 1.81 bits per heavy atom. The summed E-state index contributed by atoms with van der Waals surface area (Å²) in [7, 11) is 1.59. The van der Waals surface area contributed by atoms with Crippen molar-refractivity contribution in [2.75, 3.05) is 13.7 Å². The van der Waals surface area contributed by atoms with Crippen molar-refractivity contribution < 1.29 is 9.13 Å². The van der Waals surface area contributed by atoms with Gasteiger partial charge in [0, 0.05) is 11.6 Å². The third-order valence-electron chi connectivity index (χ3n) is 3.35. The summed E-state index contributed by atoms with van der Waals surface area (Å²) in [5.74, 6) is 0.369. The van der Waals surface area contributed by atoms with Gasteiger partial charge in [0.25, 0.3) is 0 Å². The van der Waals surface area contributed by atoms with Crippen LogP contribution in [0.2, 0.25) is 0 Å². The fourth-order valence-corrected chi connectivity index (χ4v) is 2.60. The van der Waals surface area contributed by atoms with Crippen LogP contribution in [0.3, 0.4) is 0 Å². The number of aryl methyl sites for hydroxylation is 1. The van der Waals surface area contributed by atoms with Crippen molar-refractivity contribution in [1.29, 1.82) is 0 Å². The first-order valence-electron chi connectivity index (χ1n) is 7.60. The number of benzene rings is 1. The zero-order chi connectivity index (χ0) is 15.9. The van der Waals surface area contributed by atoms with E-state index >= 15 is 0 Å². The molecule has 0 aromatic heterocycles. The summed E-state index contributed by atoms with van der Waals surface area (Å²) in [6, 6.07) is 3.28. The summed E-state index contributed by atoms with van der Waals surface area (Å²) in [5.41, 5.74) is 1.27. The molecule has 21 heavy (non-hydrogen) atoms. The van der Waals surface area contributed by atoms with Gasteiger partial charge in [-0.15, -0.1) is 0 Å². The maximum absolute atomic E-state index is 13.4. The van der Waals surface area contributed by atoms with Gasteiger partial charge >= 0.3 is 0 Å². The number of halogens is 2. The Labute approximate surface area is 136 Å². The molecule has 0 unspecified atom stereocenters. The molecular formula is C17H27BrFNO. The van der Waals surface area contributed by atoms with Gasteiger partial charge in [0.1, 0.15) is 11.6 Å². The van der Waals surface area contributed by atoms with Crippen molar-refractivity contribution >= 4 is 15.9 Å². The van der Waals surface area contributed by atoms with Crippen LogP contribution in [0.5, 0.6) is 5.75 Å². The van der Waals surface area contributed by atoms with E-state index in [4.69, 9.17) is 4.74 Å². The normalized spacial score (nSPS) is 11.7. The number of rotatable bonds is 8. The quantitative estimate of drug-likeness (QED) is 0.652. The number of nitrogens with one attached hydrogen (secondary N) is 1. The lowest BCUT2D eigenvalue weighted by atomic mass is 10.0. The molecule has 0 saturated carbocycles. The Bertz CT molecular complexity index is 443. The number of hydrogen-bond acceptors (Lipinski definition) is 2. The standard InChI is InChI=1S/C17H27BrFNO/c1-17(2,3)20-10-8-6-5-7-9-13-11-14(18)15(19)12-16(13)21-4/h11-12,20H,5-10H2,1-4H3. The molecule has 120 valence electrons. The SMILES string of the molecule is COc1cc(F)c(Br)cc1CCCCCCNC(C)(C)C. The van der Waals surface area contributed by atoms with Gasteiger partial charge in [0.15, 0.2) is 0 Å². The van der Waals surface area contributed by atoms with Crippen LogP contribution in [0.15, 0.2) is 16.6 Å². The summed E-state index contributed by atoms with van der Waals surface area (Å²) in [4.78, 5) is 0. The molecule has 0 saturated heterocycles. The molecule has 0 aliphatic heterocycles. The van der Waals surface area contributed by atoms with Crippen LogP contribution in [0.25, 0.3) is 0 Å². The zero-order valence-corrected chi connectivity index (χ0v) is 15.1. The van der Waals surface area contributed by atoms with Gasteiger partial charge in [-0.25, -0.2) is 4.39 Å². The highest BCUT2D eigenvalue weighted by Gasteiger charge is 2.09. The molecule has 1 aromatic carbocycles. The first kappa shape index (κ1) is 18.4. The van der Waals surface area contributed by atoms with Crippen molar-refractivity contribution in [3.05, 3.63) is 28.0 Å². The minimum atomic E-state index is -0.274. The Balaban J connectivity index is 2.28. The van der Waals surface area contributed by atoms with E-state index in [-0.39, 0.29) is 11.4 Å². The predicted molar refractivity (Wildman–Crippen MR) is 90.6 cm³/mol. The molecule has 4 heteroatoms. The molecule has 0 aliphatic rings. The van der Waals surface area contributed by atoms with Crippen LogP contribution in [-0.4, -0.2) is 19.2 Å². The topological polar surface area (TPSA) is 21.3 Å². The minimum absolute atomic E-state index is 0.202. The molecule has 0 spiro atoms. The number of ether oxygens (including phenoxy) is 1. The molecule has 1 rings (SSSR count). The van der Waals surface area contributed by atoms with Crippen LogP contribution in [0.4, 0.5) is 4.39 Å². The third-order valence-corrected chi connectivity index (χ3v) is 3.96. The lowest BCUT2D eigenvalue weighted by Gasteiger charge is -2.20. The minimum Gasteiger partial charge on any atom is -0.496 e. The average molecular weight is 360 g/mol. The molecular weight excluding hydrogens is 333 g/mol. The Kier molecular flexibility index (Phi) is 7.67. The lowest BCUT2D eigenvalue weighted by Crippen LogP contribution is -2.36. The largest absolute Gasteiger partial charge is 0.496 e. The van der Waals surface area contributed by atoms with Crippen molar-refractivity contribution in [2.24, 2.45) is 0 Å². The highest BCUT2D eigenvalue weighted by molar-refractivity contribution is 9.10. The second-order valence-electron chi connectivity index (χ2n) is 6.42. The van der Waals surface area contributed by atoms with E-state index in [0.717, 1.165) is 24.9 Å². The first-order valence-corrected chi connectivity index (χ1v) is 8.40. The van der Waals surface area contributed by atoms with E-state index in [0.29, 0.717) is 10.2 Å². The summed E-state index contributed by atoms with van der Waals surface area (Å²) >= 11 is 3.23. The van der Waals surface area contributed by atoms with Gasteiger partial charge in [0.05, 0.1) is 11.6 Å². The lowest BCUT2D eigenvalue weighted by molar-refractivity contribution is 0.403. The van der Waals surface area contributed by atoms with Gasteiger partial charge in [-0.3, -0.25) is 0 Å². The Morgan fingerprint density at radius 1 is 1.14 bits per heavy atom.